The zero-order valence-electron chi connectivity index (χ0n) is 16.9. The lowest BCUT2D eigenvalue weighted by Gasteiger charge is -2.23. The van der Waals surface area contributed by atoms with Crippen LogP contribution in [0.1, 0.15) is 18.9 Å². The summed E-state index contributed by atoms with van der Waals surface area (Å²) in [4.78, 5) is 17.8. The molecule has 162 valence electrons. The molecule has 9 nitrogen and oxygen atoms in total. The summed E-state index contributed by atoms with van der Waals surface area (Å²) in [5, 5.41) is 14.7. The second kappa shape index (κ2) is 8.09. The van der Waals surface area contributed by atoms with E-state index >= 15 is 0 Å². The Morgan fingerprint density at radius 1 is 1.41 bits per heavy atom. The smallest absolute Gasteiger partial charge is 0.167 e. The van der Waals surface area contributed by atoms with Gasteiger partial charge in [-0.25, -0.2) is 19.3 Å². The minimum atomic E-state index is -0.642. The molecule has 1 aliphatic heterocycles. The number of nitrogens with one attached hydrogen (secondary N) is 1. The van der Waals surface area contributed by atoms with Crippen molar-refractivity contribution in [3.05, 3.63) is 48.0 Å². The number of anilines is 2. The Balaban J connectivity index is 1.41. The van der Waals surface area contributed by atoms with Gasteiger partial charge in [-0.15, -0.1) is 0 Å². The minimum Gasteiger partial charge on any atom is -0.396 e. The fraction of sp³-hybridized carbons (Fsp3) is 0.286. The van der Waals surface area contributed by atoms with Crippen molar-refractivity contribution < 1.29 is 4.39 Å². The predicted octanol–water partition coefficient (Wildman–Crippen LogP) is 3.57. The normalized spacial score (nSPS) is 17.0. The van der Waals surface area contributed by atoms with E-state index in [0.29, 0.717) is 25.3 Å². The summed E-state index contributed by atoms with van der Waals surface area (Å²) in [6.45, 7) is 1.28. The molecule has 1 fully saturated rings. The Morgan fingerprint density at radius 2 is 2.28 bits per heavy atom. The quantitative estimate of drug-likeness (QED) is 0.444. The van der Waals surface area contributed by atoms with Gasteiger partial charge in [0.25, 0.3) is 0 Å². The van der Waals surface area contributed by atoms with Crippen LogP contribution < -0.4 is 10.6 Å². The molecule has 1 aliphatic rings. The highest BCUT2D eigenvalue weighted by Crippen LogP contribution is 2.36. The number of nitrogen functional groups attached to an aromatic ring is 1. The highest BCUT2D eigenvalue weighted by molar-refractivity contribution is 6.29. The first-order chi connectivity index (χ1) is 15.5. The zero-order valence-corrected chi connectivity index (χ0v) is 17.7. The summed E-state index contributed by atoms with van der Waals surface area (Å²) in [7, 11) is 0. The molecular weight excluding hydrogens is 433 g/mol. The second-order valence-electron chi connectivity index (χ2n) is 7.77. The van der Waals surface area contributed by atoms with E-state index < -0.39 is 5.82 Å². The van der Waals surface area contributed by atoms with E-state index in [1.54, 1.807) is 6.20 Å². The van der Waals surface area contributed by atoms with Crippen molar-refractivity contribution in [3.8, 4) is 17.3 Å². The predicted molar refractivity (Wildman–Crippen MR) is 118 cm³/mol. The Labute approximate surface area is 187 Å². The number of H-pyrrole nitrogens is 1. The maximum Gasteiger partial charge on any atom is 0.167 e. The first-order valence-corrected chi connectivity index (χ1v) is 10.5. The van der Waals surface area contributed by atoms with E-state index in [9.17, 15) is 9.65 Å². The Hall–Kier alpha value is -3.71. The standard InChI is InChI=1S/C21H19ClFN9/c22-19-15(23)7-16(25)21(30-19)31-6-3-12(9-31)17(1-4-24)32-10-13(8-29-32)18-14-2-5-26-20(14)28-11-27-18/h2,5,7-8,10-12,17H,1,3,6,9,25H2,(H,26,27,28)/t12-,17-/m0/s1. The number of halogens is 2. The number of rotatable bonds is 5. The fourth-order valence-electron chi connectivity index (χ4n) is 4.33. The van der Waals surface area contributed by atoms with Gasteiger partial charge < -0.3 is 15.6 Å². The van der Waals surface area contributed by atoms with E-state index in [1.807, 2.05) is 28.0 Å². The van der Waals surface area contributed by atoms with Crippen molar-refractivity contribution >= 4 is 34.1 Å². The van der Waals surface area contributed by atoms with Gasteiger partial charge in [0, 0.05) is 48.4 Å². The average Bonchev–Trinajstić information content (AvgIpc) is 3.54. The molecule has 0 unspecified atom stereocenters. The number of aromatic amines is 1. The second-order valence-corrected chi connectivity index (χ2v) is 8.13. The molecule has 0 aromatic carbocycles. The highest BCUT2D eigenvalue weighted by atomic mass is 35.5. The van der Waals surface area contributed by atoms with Crippen LogP contribution in [0.3, 0.4) is 0 Å². The third kappa shape index (κ3) is 3.50. The summed E-state index contributed by atoms with van der Waals surface area (Å²) < 4.78 is 15.5. The number of hydrogen-bond donors (Lipinski definition) is 2. The zero-order chi connectivity index (χ0) is 22.2. The molecule has 5 heterocycles. The number of fused-ring (bicyclic) bond motifs is 1. The van der Waals surface area contributed by atoms with E-state index in [4.69, 9.17) is 17.3 Å². The maximum absolute atomic E-state index is 13.6. The molecule has 4 aromatic rings. The van der Waals surface area contributed by atoms with Crippen molar-refractivity contribution in [2.75, 3.05) is 23.7 Å². The lowest BCUT2D eigenvalue weighted by molar-refractivity contribution is 0.332. The summed E-state index contributed by atoms with van der Waals surface area (Å²) >= 11 is 5.86. The first kappa shape index (κ1) is 20.2. The monoisotopic (exact) mass is 451 g/mol. The molecule has 5 rings (SSSR count). The van der Waals surface area contributed by atoms with Gasteiger partial charge in [-0.3, -0.25) is 4.68 Å². The van der Waals surface area contributed by atoms with Crippen LogP contribution in [-0.2, 0) is 0 Å². The maximum atomic E-state index is 13.6. The van der Waals surface area contributed by atoms with Gasteiger partial charge in [-0.05, 0) is 12.5 Å². The lowest BCUT2D eigenvalue weighted by Crippen LogP contribution is -2.26. The summed E-state index contributed by atoms with van der Waals surface area (Å²) in [6.07, 6.45) is 8.12. The minimum absolute atomic E-state index is 0.130. The molecule has 2 atom stereocenters. The van der Waals surface area contributed by atoms with E-state index in [1.165, 1.54) is 12.4 Å². The van der Waals surface area contributed by atoms with Crippen molar-refractivity contribution in [1.82, 2.24) is 29.7 Å². The van der Waals surface area contributed by atoms with Gasteiger partial charge in [0.2, 0.25) is 0 Å². The molecule has 32 heavy (non-hydrogen) atoms. The van der Waals surface area contributed by atoms with Crippen molar-refractivity contribution in [1.29, 1.82) is 5.26 Å². The third-order valence-corrected chi connectivity index (χ3v) is 6.14. The van der Waals surface area contributed by atoms with Crippen molar-refractivity contribution in [2.45, 2.75) is 18.9 Å². The highest BCUT2D eigenvalue weighted by Gasteiger charge is 2.33. The third-order valence-electron chi connectivity index (χ3n) is 5.88. The van der Waals surface area contributed by atoms with E-state index in [0.717, 1.165) is 28.7 Å². The Kier molecular flexibility index (Phi) is 5.11. The van der Waals surface area contributed by atoms with Crippen LogP contribution in [0, 0.1) is 23.1 Å². The molecule has 3 N–H and O–H groups in total. The summed E-state index contributed by atoms with van der Waals surface area (Å²) in [5.74, 6) is -0.0481. The van der Waals surface area contributed by atoms with Gasteiger partial charge in [-0.2, -0.15) is 10.4 Å². The van der Waals surface area contributed by atoms with Gasteiger partial charge in [0.1, 0.15) is 12.0 Å². The van der Waals surface area contributed by atoms with Crippen LogP contribution in [0.2, 0.25) is 5.15 Å². The Morgan fingerprint density at radius 3 is 3.12 bits per heavy atom. The molecule has 0 radical (unpaired) electrons. The number of pyridine rings is 1. The molecular formula is C21H19ClFN9. The number of nitrogens with zero attached hydrogens (tertiary/aromatic N) is 7. The Bertz CT molecular complexity index is 1320. The molecule has 0 amide bonds. The van der Waals surface area contributed by atoms with Crippen LogP contribution in [0.25, 0.3) is 22.3 Å². The molecule has 0 saturated carbocycles. The van der Waals surface area contributed by atoms with Crippen LogP contribution in [-0.4, -0.2) is 42.8 Å². The molecule has 4 aromatic heterocycles. The molecule has 0 spiro atoms. The fourth-order valence-corrected chi connectivity index (χ4v) is 4.47. The van der Waals surface area contributed by atoms with Gasteiger partial charge in [0.05, 0.1) is 36.1 Å². The van der Waals surface area contributed by atoms with Gasteiger partial charge in [-0.1, -0.05) is 11.6 Å². The molecule has 11 heteroatoms. The molecule has 1 saturated heterocycles. The molecule has 0 aliphatic carbocycles. The van der Waals surface area contributed by atoms with Crippen LogP contribution >= 0.6 is 11.6 Å². The lowest BCUT2D eigenvalue weighted by atomic mass is 9.96. The SMILES string of the molecule is N#CC[C@@H]([C@H]1CCN(c2nc(Cl)c(F)cc2N)C1)n1cc(-c2ncnc3[nH]ccc23)cn1. The average molecular weight is 452 g/mol. The number of nitriles is 1. The number of aromatic nitrogens is 6. The van der Waals surface area contributed by atoms with Crippen LogP contribution in [0.15, 0.2) is 37.1 Å². The van der Waals surface area contributed by atoms with Crippen LogP contribution in [0.5, 0.6) is 0 Å². The number of hydrogen-bond acceptors (Lipinski definition) is 7. The van der Waals surface area contributed by atoms with Crippen LogP contribution in [0.4, 0.5) is 15.9 Å². The summed E-state index contributed by atoms with van der Waals surface area (Å²) in [6, 6.07) is 5.25. The van der Waals surface area contributed by atoms with E-state index in [2.05, 4.69) is 31.1 Å². The van der Waals surface area contributed by atoms with E-state index in [-0.39, 0.29) is 22.8 Å². The van der Waals surface area contributed by atoms with Gasteiger partial charge in [0.15, 0.2) is 16.8 Å². The molecule has 0 bridgehead atoms. The largest absolute Gasteiger partial charge is 0.396 e. The van der Waals surface area contributed by atoms with Gasteiger partial charge >= 0.3 is 0 Å². The first-order valence-electron chi connectivity index (χ1n) is 10.1. The summed E-state index contributed by atoms with van der Waals surface area (Å²) in [5.41, 5.74) is 8.61. The van der Waals surface area contributed by atoms with Crippen molar-refractivity contribution in [3.63, 3.8) is 0 Å². The topological polar surface area (TPSA) is 125 Å². The number of nitrogens with two attached hydrogens (primary N) is 1. The van der Waals surface area contributed by atoms with Crippen molar-refractivity contribution in [2.24, 2.45) is 5.92 Å².